The Hall–Kier alpha value is -3.48. The summed E-state index contributed by atoms with van der Waals surface area (Å²) in [6.45, 7) is 2.01. The molecule has 7 heteroatoms. The minimum Gasteiger partial charge on any atom is -0.421 e. The topological polar surface area (TPSA) is 97.1 Å². The second kappa shape index (κ2) is 8.26. The van der Waals surface area contributed by atoms with Gasteiger partial charge in [-0.2, -0.15) is 0 Å². The highest BCUT2D eigenvalue weighted by Crippen LogP contribution is 2.21. The number of nitrogens with one attached hydrogen (secondary N) is 2. The summed E-state index contributed by atoms with van der Waals surface area (Å²) in [5.74, 6) is 0.556. The van der Waals surface area contributed by atoms with Gasteiger partial charge in [-0.05, 0) is 50.1 Å². The van der Waals surface area contributed by atoms with Gasteiger partial charge in [0.1, 0.15) is 0 Å². The van der Waals surface area contributed by atoms with Gasteiger partial charge in [0.2, 0.25) is 17.7 Å². The summed E-state index contributed by atoms with van der Waals surface area (Å²) >= 11 is 0. The van der Waals surface area contributed by atoms with Gasteiger partial charge in [-0.3, -0.25) is 9.59 Å². The van der Waals surface area contributed by atoms with Crippen molar-refractivity contribution >= 4 is 17.5 Å². The molecule has 3 aromatic rings. The van der Waals surface area contributed by atoms with Crippen LogP contribution in [0.2, 0.25) is 0 Å². The van der Waals surface area contributed by atoms with E-state index in [4.69, 9.17) is 4.42 Å². The molecular weight excluding hydrogens is 368 g/mol. The van der Waals surface area contributed by atoms with E-state index in [0.717, 1.165) is 24.0 Å². The largest absolute Gasteiger partial charge is 0.421 e. The van der Waals surface area contributed by atoms with Crippen molar-refractivity contribution in [3.63, 3.8) is 0 Å². The third-order valence-electron chi connectivity index (χ3n) is 4.65. The molecule has 29 heavy (non-hydrogen) atoms. The molecule has 148 valence electrons. The molecule has 0 bridgehead atoms. The van der Waals surface area contributed by atoms with Crippen molar-refractivity contribution in [2.45, 2.75) is 38.6 Å². The first-order valence-corrected chi connectivity index (χ1v) is 9.67. The summed E-state index contributed by atoms with van der Waals surface area (Å²) < 4.78 is 5.65. The van der Waals surface area contributed by atoms with Crippen LogP contribution in [0.1, 0.15) is 41.1 Å². The van der Waals surface area contributed by atoms with Crippen LogP contribution in [-0.4, -0.2) is 28.1 Å². The molecule has 0 spiro atoms. The van der Waals surface area contributed by atoms with E-state index in [0.29, 0.717) is 35.5 Å². The molecule has 1 heterocycles. The lowest BCUT2D eigenvalue weighted by Gasteiger charge is -2.07. The van der Waals surface area contributed by atoms with E-state index >= 15 is 0 Å². The van der Waals surface area contributed by atoms with Crippen molar-refractivity contribution in [3.05, 3.63) is 65.5 Å². The number of carbonyl (C=O) groups excluding carboxylic acids is 2. The number of carbonyl (C=O) groups is 2. The zero-order valence-corrected chi connectivity index (χ0v) is 16.1. The van der Waals surface area contributed by atoms with Crippen LogP contribution in [0.15, 0.2) is 52.9 Å². The predicted octanol–water partition coefficient (Wildman–Crippen LogP) is 3.51. The Balaban J connectivity index is 1.31. The third kappa shape index (κ3) is 5.07. The van der Waals surface area contributed by atoms with Crippen LogP contribution >= 0.6 is 0 Å². The molecule has 2 aromatic carbocycles. The number of hydrogen-bond donors (Lipinski definition) is 2. The maximum absolute atomic E-state index is 12.3. The quantitative estimate of drug-likeness (QED) is 0.643. The summed E-state index contributed by atoms with van der Waals surface area (Å²) in [6.07, 6.45) is 2.60. The average Bonchev–Trinajstić information content (AvgIpc) is 3.41. The van der Waals surface area contributed by atoms with Crippen LogP contribution in [0, 0.1) is 6.92 Å². The number of hydrogen-bond acceptors (Lipinski definition) is 5. The van der Waals surface area contributed by atoms with Gasteiger partial charge in [0.25, 0.3) is 5.91 Å². The van der Waals surface area contributed by atoms with Crippen LogP contribution in [0.4, 0.5) is 5.69 Å². The van der Waals surface area contributed by atoms with E-state index in [1.807, 2.05) is 31.2 Å². The fourth-order valence-electron chi connectivity index (χ4n) is 2.85. The Labute approximate surface area is 168 Å². The van der Waals surface area contributed by atoms with Crippen molar-refractivity contribution in [1.29, 1.82) is 0 Å². The van der Waals surface area contributed by atoms with Crippen LogP contribution in [0.3, 0.4) is 0 Å². The molecule has 1 aliphatic rings. The molecule has 0 saturated heterocycles. The Bertz CT molecular complexity index is 1020. The summed E-state index contributed by atoms with van der Waals surface area (Å²) in [6, 6.07) is 15.0. The number of anilines is 1. The van der Waals surface area contributed by atoms with Crippen molar-refractivity contribution in [2.24, 2.45) is 0 Å². The van der Waals surface area contributed by atoms with Crippen molar-refractivity contribution in [1.82, 2.24) is 15.5 Å². The second-order valence-electron chi connectivity index (χ2n) is 7.24. The first-order chi connectivity index (χ1) is 14.1. The minimum absolute atomic E-state index is 0.113. The Morgan fingerprint density at radius 2 is 1.90 bits per heavy atom. The van der Waals surface area contributed by atoms with Crippen molar-refractivity contribution < 1.29 is 14.0 Å². The fourth-order valence-corrected chi connectivity index (χ4v) is 2.85. The monoisotopic (exact) mass is 390 g/mol. The summed E-state index contributed by atoms with van der Waals surface area (Å²) in [5.41, 5.74) is 3.12. The molecule has 1 saturated carbocycles. The summed E-state index contributed by atoms with van der Waals surface area (Å²) in [7, 11) is 0. The lowest BCUT2D eigenvalue weighted by Crippen LogP contribution is -2.25. The highest BCUT2D eigenvalue weighted by atomic mass is 16.4. The molecule has 0 atom stereocenters. The third-order valence-corrected chi connectivity index (χ3v) is 4.65. The normalized spacial score (nSPS) is 13.1. The van der Waals surface area contributed by atoms with E-state index < -0.39 is 0 Å². The zero-order chi connectivity index (χ0) is 20.2. The van der Waals surface area contributed by atoms with Gasteiger partial charge in [-0.15, -0.1) is 10.2 Å². The summed E-state index contributed by atoms with van der Waals surface area (Å²) in [5, 5.41) is 13.8. The minimum atomic E-state index is -0.181. The van der Waals surface area contributed by atoms with E-state index in [1.165, 1.54) is 0 Å². The highest BCUT2D eigenvalue weighted by molar-refractivity contribution is 5.97. The van der Waals surface area contributed by atoms with Gasteiger partial charge in [0.05, 0.1) is 0 Å². The lowest BCUT2D eigenvalue weighted by atomic mass is 10.1. The van der Waals surface area contributed by atoms with E-state index in [2.05, 4.69) is 20.8 Å². The standard InChI is InChI=1S/C22H22N4O3/c1-14-5-7-15(8-6-14)22-26-25-20(29-22)12-11-19(27)23-18-4-2-3-16(13-18)21(28)24-17-9-10-17/h2-8,13,17H,9-12H2,1H3,(H,23,27)(H,24,28). The predicted molar refractivity (Wildman–Crippen MR) is 108 cm³/mol. The molecule has 2 amide bonds. The van der Waals surface area contributed by atoms with Gasteiger partial charge >= 0.3 is 0 Å². The first kappa shape index (κ1) is 18.9. The molecule has 1 fully saturated rings. The molecule has 0 unspecified atom stereocenters. The number of amides is 2. The van der Waals surface area contributed by atoms with Gasteiger partial charge < -0.3 is 15.1 Å². The smallest absolute Gasteiger partial charge is 0.251 e. The van der Waals surface area contributed by atoms with Gasteiger partial charge in [-0.1, -0.05) is 23.8 Å². The molecule has 1 aliphatic carbocycles. The van der Waals surface area contributed by atoms with Gasteiger partial charge in [0, 0.05) is 35.7 Å². The molecule has 2 N–H and O–H groups in total. The first-order valence-electron chi connectivity index (χ1n) is 9.67. The number of aromatic nitrogens is 2. The molecule has 0 aliphatic heterocycles. The average molecular weight is 390 g/mol. The van der Waals surface area contributed by atoms with E-state index in [1.54, 1.807) is 24.3 Å². The van der Waals surface area contributed by atoms with E-state index in [-0.39, 0.29) is 18.2 Å². The summed E-state index contributed by atoms with van der Waals surface area (Å²) in [4.78, 5) is 24.4. The molecule has 0 radical (unpaired) electrons. The molecule has 1 aromatic heterocycles. The number of nitrogens with zero attached hydrogens (tertiary/aromatic N) is 2. The zero-order valence-electron chi connectivity index (χ0n) is 16.1. The number of benzene rings is 2. The lowest BCUT2D eigenvalue weighted by molar-refractivity contribution is -0.116. The Morgan fingerprint density at radius 3 is 2.66 bits per heavy atom. The van der Waals surface area contributed by atoms with Gasteiger partial charge in [-0.25, -0.2) is 0 Å². The molecule has 4 rings (SSSR count). The second-order valence-corrected chi connectivity index (χ2v) is 7.24. The van der Waals surface area contributed by atoms with Crippen molar-refractivity contribution in [2.75, 3.05) is 5.32 Å². The maximum Gasteiger partial charge on any atom is 0.251 e. The van der Waals surface area contributed by atoms with Gasteiger partial charge in [0.15, 0.2) is 0 Å². The van der Waals surface area contributed by atoms with Crippen LogP contribution in [0.25, 0.3) is 11.5 Å². The highest BCUT2D eigenvalue weighted by Gasteiger charge is 2.23. The van der Waals surface area contributed by atoms with Crippen molar-refractivity contribution in [3.8, 4) is 11.5 Å². The Morgan fingerprint density at radius 1 is 1.10 bits per heavy atom. The SMILES string of the molecule is Cc1ccc(-c2nnc(CCC(=O)Nc3cccc(C(=O)NC4CC4)c3)o2)cc1. The molecule has 7 nitrogen and oxygen atoms in total. The number of aryl methyl sites for hydroxylation is 2. The Kier molecular flexibility index (Phi) is 5.37. The fraction of sp³-hybridized carbons (Fsp3) is 0.273. The van der Waals surface area contributed by atoms with Crippen LogP contribution in [0.5, 0.6) is 0 Å². The van der Waals surface area contributed by atoms with E-state index in [9.17, 15) is 9.59 Å². The molecular formula is C22H22N4O3. The number of rotatable bonds is 7. The van der Waals surface area contributed by atoms with Crippen LogP contribution < -0.4 is 10.6 Å². The van der Waals surface area contributed by atoms with Crippen LogP contribution in [-0.2, 0) is 11.2 Å². The maximum atomic E-state index is 12.3.